The third-order valence-electron chi connectivity index (χ3n) is 4.54. The molecular formula is C18H29NO. The van der Waals surface area contributed by atoms with Gasteiger partial charge in [0.05, 0.1) is 0 Å². The predicted octanol–water partition coefficient (Wildman–Crippen LogP) is 4.30. The van der Waals surface area contributed by atoms with Crippen molar-refractivity contribution < 1.29 is 4.74 Å². The number of rotatable bonds is 7. The summed E-state index contributed by atoms with van der Waals surface area (Å²) in [6.45, 7) is 10.9. The van der Waals surface area contributed by atoms with Crippen molar-refractivity contribution in [3.05, 3.63) is 28.8 Å². The maximum atomic E-state index is 6.47. The second kappa shape index (κ2) is 6.62. The number of hydrogen-bond donors (Lipinski definition) is 1. The van der Waals surface area contributed by atoms with Crippen LogP contribution in [0.4, 0.5) is 0 Å². The van der Waals surface area contributed by atoms with Crippen molar-refractivity contribution in [1.29, 1.82) is 0 Å². The Morgan fingerprint density at radius 1 is 1.15 bits per heavy atom. The standard InChI is InChI=1S/C18H29NO/c1-5-10-19-11-9-18(7-6-8-18)20-17-13-14(2)12-15(3)16(17)4/h12-13,19H,5-11H2,1-4H3. The summed E-state index contributed by atoms with van der Waals surface area (Å²) in [5, 5.41) is 3.50. The van der Waals surface area contributed by atoms with Gasteiger partial charge in [0.1, 0.15) is 11.4 Å². The molecule has 1 aromatic carbocycles. The van der Waals surface area contributed by atoms with E-state index in [0.717, 1.165) is 25.3 Å². The van der Waals surface area contributed by atoms with Crippen molar-refractivity contribution in [2.45, 2.75) is 65.4 Å². The van der Waals surface area contributed by atoms with Gasteiger partial charge in [-0.3, -0.25) is 0 Å². The molecule has 0 aromatic heterocycles. The summed E-state index contributed by atoms with van der Waals surface area (Å²) in [7, 11) is 0. The minimum atomic E-state index is 0.0890. The van der Waals surface area contributed by atoms with Crippen LogP contribution in [-0.2, 0) is 0 Å². The van der Waals surface area contributed by atoms with Crippen LogP contribution in [0.3, 0.4) is 0 Å². The van der Waals surface area contributed by atoms with Gasteiger partial charge in [0.25, 0.3) is 0 Å². The van der Waals surface area contributed by atoms with Crippen LogP contribution in [0, 0.1) is 20.8 Å². The minimum absolute atomic E-state index is 0.0890. The number of aryl methyl sites for hydroxylation is 2. The number of hydrogen-bond acceptors (Lipinski definition) is 2. The van der Waals surface area contributed by atoms with Gasteiger partial charge in [0.15, 0.2) is 0 Å². The van der Waals surface area contributed by atoms with Crippen molar-refractivity contribution in [3.63, 3.8) is 0 Å². The molecule has 0 unspecified atom stereocenters. The molecule has 0 spiro atoms. The monoisotopic (exact) mass is 275 g/mol. The van der Waals surface area contributed by atoms with Gasteiger partial charge in [0, 0.05) is 0 Å². The molecule has 0 aliphatic heterocycles. The summed E-state index contributed by atoms with van der Waals surface area (Å²) in [6, 6.07) is 4.43. The molecule has 1 N–H and O–H groups in total. The van der Waals surface area contributed by atoms with E-state index in [4.69, 9.17) is 4.74 Å². The van der Waals surface area contributed by atoms with Crippen LogP contribution < -0.4 is 10.1 Å². The highest BCUT2D eigenvalue weighted by Gasteiger charge is 2.39. The molecule has 0 bridgehead atoms. The zero-order valence-electron chi connectivity index (χ0n) is 13.5. The Morgan fingerprint density at radius 2 is 1.90 bits per heavy atom. The van der Waals surface area contributed by atoms with Crippen LogP contribution in [-0.4, -0.2) is 18.7 Å². The van der Waals surface area contributed by atoms with E-state index in [2.05, 4.69) is 45.1 Å². The zero-order valence-corrected chi connectivity index (χ0v) is 13.5. The Bertz CT molecular complexity index is 449. The molecule has 20 heavy (non-hydrogen) atoms. The molecule has 1 fully saturated rings. The Kier molecular flexibility index (Phi) is 5.09. The van der Waals surface area contributed by atoms with Crippen molar-refractivity contribution in [2.75, 3.05) is 13.1 Å². The number of ether oxygens (including phenoxy) is 1. The Morgan fingerprint density at radius 3 is 2.50 bits per heavy atom. The highest BCUT2D eigenvalue weighted by Crippen LogP contribution is 2.40. The Hall–Kier alpha value is -1.02. The SMILES string of the molecule is CCCNCCC1(Oc2cc(C)cc(C)c2C)CCC1. The van der Waals surface area contributed by atoms with Crippen LogP contribution in [0.15, 0.2) is 12.1 Å². The average Bonchev–Trinajstić information content (AvgIpc) is 2.36. The third kappa shape index (κ3) is 3.54. The molecule has 0 amide bonds. The fourth-order valence-corrected chi connectivity index (χ4v) is 2.93. The first-order valence-corrected chi connectivity index (χ1v) is 8.04. The molecule has 1 saturated carbocycles. The summed E-state index contributed by atoms with van der Waals surface area (Å²) in [5.74, 6) is 1.10. The fraction of sp³-hybridized carbons (Fsp3) is 0.667. The Balaban J connectivity index is 2.02. The van der Waals surface area contributed by atoms with Gasteiger partial charge in [-0.05, 0) is 88.7 Å². The minimum Gasteiger partial charge on any atom is -0.487 e. The first kappa shape index (κ1) is 15.4. The molecule has 1 aromatic rings. The zero-order chi connectivity index (χ0) is 14.6. The molecule has 2 nitrogen and oxygen atoms in total. The van der Waals surface area contributed by atoms with E-state index in [1.165, 1.54) is 42.4 Å². The lowest BCUT2D eigenvalue weighted by molar-refractivity contribution is -0.0148. The van der Waals surface area contributed by atoms with Crippen LogP contribution in [0.2, 0.25) is 0 Å². The molecule has 1 aliphatic carbocycles. The van der Waals surface area contributed by atoms with Crippen LogP contribution >= 0.6 is 0 Å². The lowest BCUT2D eigenvalue weighted by atomic mass is 9.77. The van der Waals surface area contributed by atoms with Gasteiger partial charge in [-0.25, -0.2) is 0 Å². The van der Waals surface area contributed by atoms with Gasteiger partial charge in [-0.2, -0.15) is 0 Å². The topological polar surface area (TPSA) is 21.3 Å². The lowest BCUT2D eigenvalue weighted by Crippen LogP contribution is -2.45. The van der Waals surface area contributed by atoms with Gasteiger partial charge in [-0.1, -0.05) is 13.0 Å². The first-order chi connectivity index (χ1) is 9.56. The van der Waals surface area contributed by atoms with Gasteiger partial charge in [-0.15, -0.1) is 0 Å². The summed E-state index contributed by atoms with van der Waals surface area (Å²) in [6.07, 6.45) is 6.03. The maximum Gasteiger partial charge on any atom is 0.123 e. The lowest BCUT2D eigenvalue weighted by Gasteiger charge is -2.42. The maximum absolute atomic E-state index is 6.47. The first-order valence-electron chi connectivity index (χ1n) is 8.04. The summed E-state index contributed by atoms with van der Waals surface area (Å²) >= 11 is 0. The van der Waals surface area contributed by atoms with Crippen molar-refractivity contribution in [3.8, 4) is 5.75 Å². The largest absolute Gasteiger partial charge is 0.487 e. The normalized spacial score (nSPS) is 16.8. The molecule has 2 heteroatoms. The van der Waals surface area contributed by atoms with E-state index >= 15 is 0 Å². The van der Waals surface area contributed by atoms with E-state index in [1.54, 1.807) is 0 Å². The molecule has 0 heterocycles. The van der Waals surface area contributed by atoms with Crippen molar-refractivity contribution in [2.24, 2.45) is 0 Å². The highest BCUT2D eigenvalue weighted by atomic mass is 16.5. The quantitative estimate of drug-likeness (QED) is 0.749. The summed E-state index contributed by atoms with van der Waals surface area (Å²) < 4.78 is 6.47. The molecule has 112 valence electrons. The van der Waals surface area contributed by atoms with E-state index < -0.39 is 0 Å². The van der Waals surface area contributed by atoms with Crippen LogP contribution in [0.1, 0.15) is 55.7 Å². The van der Waals surface area contributed by atoms with Gasteiger partial charge in [0.2, 0.25) is 0 Å². The Labute approximate surface area is 123 Å². The molecule has 0 atom stereocenters. The van der Waals surface area contributed by atoms with E-state index in [9.17, 15) is 0 Å². The number of benzene rings is 1. The number of nitrogens with one attached hydrogen (secondary N) is 1. The van der Waals surface area contributed by atoms with E-state index in [0.29, 0.717) is 0 Å². The fourth-order valence-electron chi connectivity index (χ4n) is 2.93. The molecule has 0 saturated heterocycles. The summed E-state index contributed by atoms with van der Waals surface area (Å²) in [5.41, 5.74) is 4.01. The van der Waals surface area contributed by atoms with Crippen LogP contribution in [0.5, 0.6) is 5.75 Å². The van der Waals surface area contributed by atoms with E-state index in [1.807, 2.05) is 0 Å². The van der Waals surface area contributed by atoms with Crippen LogP contribution in [0.25, 0.3) is 0 Å². The summed E-state index contributed by atoms with van der Waals surface area (Å²) in [4.78, 5) is 0. The van der Waals surface area contributed by atoms with Gasteiger partial charge >= 0.3 is 0 Å². The molecule has 1 aliphatic rings. The third-order valence-corrected chi connectivity index (χ3v) is 4.54. The van der Waals surface area contributed by atoms with Crippen molar-refractivity contribution >= 4 is 0 Å². The highest BCUT2D eigenvalue weighted by molar-refractivity contribution is 5.42. The average molecular weight is 275 g/mol. The second-order valence-corrected chi connectivity index (χ2v) is 6.34. The molecule has 0 radical (unpaired) electrons. The smallest absolute Gasteiger partial charge is 0.123 e. The van der Waals surface area contributed by atoms with Crippen molar-refractivity contribution in [1.82, 2.24) is 5.32 Å². The second-order valence-electron chi connectivity index (χ2n) is 6.34. The molecule has 2 rings (SSSR count). The van der Waals surface area contributed by atoms with Gasteiger partial charge < -0.3 is 10.1 Å². The van der Waals surface area contributed by atoms with E-state index in [-0.39, 0.29) is 5.60 Å². The predicted molar refractivity (Wildman–Crippen MR) is 85.6 cm³/mol. The molecular weight excluding hydrogens is 246 g/mol.